The summed E-state index contributed by atoms with van der Waals surface area (Å²) in [6.45, 7) is 0.208. The summed E-state index contributed by atoms with van der Waals surface area (Å²) in [5.41, 5.74) is 0. The van der Waals surface area contributed by atoms with E-state index in [0.29, 0.717) is 13.0 Å². The first-order chi connectivity index (χ1) is 11.7. The van der Waals surface area contributed by atoms with Gasteiger partial charge in [-0.05, 0) is 31.3 Å². The molecule has 0 spiro atoms. The summed E-state index contributed by atoms with van der Waals surface area (Å²) >= 11 is 1.77. The van der Waals surface area contributed by atoms with E-state index in [1.54, 1.807) is 11.8 Å². The number of hydrogen-bond donors (Lipinski definition) is 2. The first kappa shape index (κ1) is 30.8. The zero-order chi connectivity index (χ0) is 21.3. The van der Waals surface area contributed by atoms with E-state index in [1.807, 2.05) is 6.26 Å². The molecule has 0 aromatic carbocycles. The van der Waals surface area contributed by atoms with Crippen molar-refractivity contribution in [2.45, 2.75) is 19.3 Å². The van der Waals surface area contributed by atoms with E-state index < -0.39 is 29.8 Å². The monoisotopic (exact) mass is 460 g/mol. The molecule has 0 aliphatic carbocycles. The van der Waals surface area contributed by atoms with Gasteiger partial charge in [-0.1, -0.05) is 0 Å². The third-order valence-electron chi connectivity index (χ3n) is 2.14. The standard InChI is InChI=1S/C5H12O5S2.C4H10O3S.C4H10OS/c1-11(6,7)5-3-4-10-12(2,8)9;1-8(6,7)4-2-3-5;1-6-4-2-3-5/h3-5H2,1-2H3;5H,2-4H2,1H3;5H,2-4H2,1H3. The molecule has 0 fully saturated rings. The van der Waals surface area contributed by atoms with Crippen LogP contribution in [0.3, 0.4) is 0 Å². The van der Waals surface area contributed by atoms with Crippen molar-refractivity contribution in [3.63, 3.8) is 0 Å². The van der Waals surface area contributed by atoms with Crippen LogP contribution in [-0.4, -0.2) is 97.6 Å². The third-order valence-corrected chi connectivity index (χ3v) is 5.49. The first-order valence-electron chi connectivity index (χ1n) is 7.59. The highest BCUT2D eigenvalue weighted by atomic mass is 32.2. The Morgan fingerprint density at radius 2 is 1.19 bits per heavy atom. The summed E-state index contributed by atoms with van der Waals surface area (Å²) in [5.74, 6) is 1.11. The van der Waals surface area contributed by atoms with Crippen molar-refractivity contribution in [1.29, 1.82) is 0 Å². The van der Waals surface area contributed by atoms with Gasteiger partial charge in [0.15, 0.2) is 0 Å². The number of thioether (sulfide) groups is 1. The number of hydrogen-bond acceptors (Lipinski definition) is 10. The second-order valence-electron chi connectivity index (χ2n) is 5.29. The van der Waals surface area contributed by atoms with E-state index in [0.717, 1.165) is 30.9 Å². The lowest BCUT2D eigenvalue weighted by Gasteiger charge is -1.99. The Labute approximate surface area is 162 Å². The Bertz CT molecular complexity index is 572. The molecular weight excluding hydrogens is 428 g/mol. The predicted octanol–water partition coefficient (Wildman–Crippen LogP) is -0.457. The zero-order valence-electron chi connectivity index (χ0n) is 15.7. The van der Waals surface area contributed by atoms with Crippen LogP contribution in [0.1, 0.15) is 19.3 Å². The van der Waals surface area contributed by atoms with E-state index in [4.69, 9.17) is 10.2 Å². The van der Waals surface area contributed by atoms with E-state index in [9.17, 15) is 25.3 Å². The molecule has 0 bridgehead atoms. The van der Waals surface area contributed by atoms with Gasteiger partial charge in [0.05, 0.1) is 24.4 Å². The smallest absolute Gasteiger partial charge is 0.264 e. The molecule has 0 saturated carbocycles. The average molecular weight is 461 g/mol. The Morgan fingerprint density at radius 3 is 1.42 bits per heavy atom. The average Bonchev–Trinajstić information content (AvgIpc) is 2.46. The van der Waals surface area contributed by atoms with Crippen LogP contribution in [0.15, 0.2) is 0 Å². The molecule has 0 rings (SSSR count). The van der Waals surface area contributed by atoms with Crippen molar-refractivity contribution in [3.8, 4) is 0 Å². The SMILES string of the molecule is CS(=O)(=O)CCCO.CS(=O)(=O)CCCOS(C)(=O)=O.CSCCCO. The molecule has 162 valence electrons. The summed E-state index contributed by atoms with van der Waals surface area (Å²) in [7, 11) is -9.30. The number of rotatable bonds is 11. The highest BCUT2D eigenvalue weighted by Crippen LogP contribution is 1.93. The maximum atomic E-state index is 10.6. The van der Waals surface area contributed by atoms with Crippen molar-refractivity contribution >= 4 is 41.6 Å². The summed E-state index contributed by atoms with van der Waals surface area (Å²) in [6, 6.07) is 0. The second kappa shape index (κ2) is 17.2. The first-order valence-corrected chi connectivity index (χ1v) is 14.9. The van der Waals surface area contributed by atoms with Crippen LogP contribution in [0, 0.1) is 0 Å². The molecule has 0 aliphatic heterocycles. The van der Waals surface area contributed by atoms with Crippen molar-refractivity contribution in [2.24, 2.45) is 0 Å². The summed E-state index contributed by atoms with van der Waals surface area (Å²) in [6.07, 6.45) is 6.69. The molecule has 0 amide bonds. The fourth-order valence-corrected chi connectivity index (χ4v) is 3.20. The minimum Gasteiger partial charge on any atom is -0.396 e. The summed E-state index contributed by atoms with van der Waals surface area (Å²) < 4.78 is 66.8. The Morgan fingerprint density at radius 1 is 0.769 bits per heavy atom. The molecule has 0 unspecified atom stereocenters. The van der Waals surface area contributed by atoms with Gasteiger partial charge in [-0.3, -0.25) is 4.18 Å². The molecule has 0 aromatic heterocycles. The molecule has 2 N–H and O–H groups in total. The lowest BCUT2D eigenvalue weighted by Crippen LogP contribution is -2.09. The molecule has 13 heteroatoms. The minimum atomic E-state index is -3.44. The highest BCUT2D eigenvalue weighted by Gasteiger charge is 2.04. The normalized spacial score (nSPS) is 11.8. The van der Waals surface area contributed by atoms with Crippen LogP contribution < -0.4 is 0 Å². The number of aliphatic hydroxyl groups is 2. The fourth-order valence-electron chi connectivity index (χ4n) is 1.07. The van der Waals surface area contributed by atoms with Crippen molar-refractivity contribution in [3.05, 3.63) is 0 Å². The lowest BCUT2D eigenvalue weighted by atomic mass is 10.5. The topological polar surface area (TPSA) is 152 Å². The third kappa shape index (κ3) is 44.0. The largest absolute Gasteiger partial charge is 0.396 e. The maximum absolute atomic E-state index is 10.6. The predicted molar refractivity (Wildman–Crippen MR) is 107 cm³/mol. The van der Waals surface area contributed by atoms with Crippen LogP contribution in [0.4, 0.5) is 0 Å². The van der Waals surface area contributed by atoms with E-state index in [1.165, 1.54) is 0 Å². The second-order valence-corrected chi connectivity index (χ2v) is 12.4. The minimum absolute atomic E-state index is 0.0485. The van der Waals surface area contributed by atoms with Crippen LogP contribution >= 0.6 is 11.8 Å². The molecule has 0 heterocycles. The van der Waals surface area contributed by atoms with E-state index in [2.05, 4.69) is 4.18 Å². The number of aliphatic hydroxyl groups excluding tert-OH is 2. The van der Waals surface area contributed by atoms with E-state index >= 15 is 0 Å². The number of sulfone groups is 2. The van der Waals surface area contributed by atoms with Gasteiger partial charge in [0.2, 0.25) is 0 Å². The van der Waals surface area contributed by atoms with Crippen molar-refractivity contribution < 1.29 is 39.6 Å². The fraction of sp³-hybridized carbons (Fsp3) is 1.00. The zero-order valence-corrected chi connectivity index (χ0v) is 19.0. The van der Waals surface area contributed by atoms with Gasteiger partial charge in [-0.25, -0.2) is 16.8 Å². The molecule has 0 radical (unpaired) electrons. The van der Waals surface area contributed by atoms with Gasteiger partial charge >= 0.3 is 0 Å². The van der Waals surface area contributed by atoms with Crippen molar-refractivity contribution in [2.75, 3.05) is 62.1 Å². The maximum Gasteiger partial charge on any atom is 0.264 e. The van der Waals surface area contributed by atoms with Gasteiger partial charge in [-0.15, -0.1) is 0 Å². The Balaban J connectivity index is -0.000000328. The molecule has 0 saturated heterocycles. The Kier molecular flexibility index (Phi) is 20.4. The van der Waals surface area contributed by atoms with Gasteiger partial charge in [-0.2, -0.15) is 20.2 Å². The van der Waals surface area contributed by atoms with Crippen LogP contribution in [0.5, 0.6) is 0 Å². The highest BCUT2D eigenvalue weighted by molar-refractivity contribution is 7.98. The van der Waals surface area contributed by atoms with Crippen molar-refractivity contribution in [1.82, 2.24) is 0 Å². The molecule has 26 heavy (non-hydrogen) atoms. The molecule has 9 nitrogen and oxygen atoms in total. The molecule has 0 aromatic rings. The Hall–Kier alpha value is 0.0800. The van der Waals surface area contributed by atoms with Crippen LogP contribution in [0.25, 0.3) is 0 Å². The van der Waals surface area contributed by atoms with Gasteiger partial charge in [0, 0.05) is 25.7 Å². The molecular formula is C13H32O9S4. The summed E-state index contributed by atoms with van der Waals surface area (Å²) in [5, 5.41) is 16.3. The lowest BCUT2D eigenvalue weighted by molar-refractivity contribution is 0.295. The summed E-state index contributed by atoms with van der Waals surface area (Å²) in [4.78, 5) is 0. The van der Waals surface area contributed by atoms with Crippen LogP contribution in [0.2, 0.25) is 0 Å². The van der Waals surface area contributed by atoms with Gasteiger partial charge in [0.1, 0.15) is 19.7 Å². The van der Waals surface area contributed by atoms with Gasteiger partial charge in [0.25, 0.3) is 10.1 Å². The quantitative estimate of drug-likeness (QED) is 0.306. The molecule has 0 atom stereocenters. The van der Waals surface area contributed by atoms with Crippen LogP contribution in [-0.2, 0) is 34.0 Å². The molecule has 0 aliphatic rings. The van der Waals surface area contributed by atoms with E-state index in [-0.39, 0.29) is 31.1 Å². The van der Waals surface area contributed by atoms with Gasteiger partial charge < -0.3 is 10.2 Å².